The van der Waals surface area contributed by atoms with E-state index >= 15 is 0 Å². The van der Waals surface area contributed by atoms with Crippen LogP contribution >= 0.6 is 0 Å². The first-order valence-corrected chi connectivity index (χ1v) is 8.73. The van der Waals surface area contributed by atoms with E-state index in [1.54, 1.807) is 0 Å². The molecule has 0 aromatic heterocycles. The quantitative estimate of drug-likeness (QED) is 0.599. The fourth-order valence-corrected chi connectivity index (χ4v) is 3.18. The Morgan fingerprint density at radius 1 is 1.04 bits per heavy atom. The number of fused-ring (bicyclic) bond motifs is 2. The summed E-state index contributed by atoms with van der Waals surface area (Å²) in [6.07, 6.45) is 3.17. The topological polar surface area (TPSA) is 12.5 Å². The van der Waals surface area contributed by atoms with Gasteiger partial charge >= 0.3 is 0 Å². The van der Waals surface area contributed by atoms with Crippen molar-refractivity contribution in [3.8, 4) is 11.5 Å². The van der Waals surface area contributed by atoms with E-state index in [0.717, 1.165) is 29.3 Å². The molecule has 0 bridgehead atoms. The van der Waals surface area contributed by atoms with Crippen molar-refractivity contribution in [3.05, 3.63) is 59.3 Å². The van der Waals surface area contributed by atoms with Gasteiger partial charge in [0.05, 0.1) is 11.4 Å². The van der Waals surface area contributed by atoms with Crippen LogP contribution in [0.3, 0.4) is 0 Å². The highest BCUT2D eigenvalue weighted by Crippen LogP contribution is 2.50. The van der Waals surface area contributed by atoms with Gasteiger partial charge in [0.1, 0.15) is 0 Å². The van der Waals surface area contributed by atoms with Gasteiger partial charge in [0.2, 0.25) is 0 Å². The maximum absolute atomic E-state index is 6.29. The maximum atomic E-state index is 6.29. The predicted molar refractivity (Wildman–Crippen MR) is 103 cm³/mol. The van der Waals surface area contributed by atoms with Crippen LogP contribution in [-0.4, -0.2) is 0 Å². The highest BCUT2D eigenvalue weighted by Gasteiger charge is 2.27. The molecule has 2 nitrogen and oxygen atoms in total. The largest absolute Gasteiger partial charge is 0.453 e. The number of aryl methyl sites for hydroxylation is 1. The van der Waals surface area contributed by atoms with E-state index in [-0.39, 0.29) is 5.41 Å². The molecule has 0 spiro atoms. The molecule has 2 aromatic rings. The lowest BCUT2D eigenvalue weighted by molar-refractivity contribution is 0.471. The molecule has 0 unspecified atom stereocenters. The van der Waals surface area contributed by atoms with E-state index in [9.17, 15) is 0 Å². The Labute approximate surface area is 145 Å². The van der Waals surface area contributed by atoms with Gasteiger partial charge in [-0.25, -0.2) is 0 Å². The van der Waals surface area contributed by atoms with E-state index in [0.29, 0.717) is 0 Å². The van der Waals surface area contributed by atoms with Crippen LogP contribution in [0.25, 0.3) is 0 Å². The van der Waals surface area contributed by atoms with E-state index < -0.39 is 0 Å². The lowest BCUT2D eigenvalue weighted by atomic mass is 9.86. The van der Waals surface area contributed by atoms with Gasteiger partial charge < -0.3 is 9.64 Å². The highest BCUT2D eigenvalue weighted by atomic mass is 16.5. The molecule has 2 aromatic carbocycles. The number of benzene rings is 2. The molecule has 0 fully saturated rings. The highest BCUT2D eigenvalue weighted by molar-refractivity contribution is 5.81. The maximum Gasteiger partial charge on any atom is 0.151 e. The van der Waals surface area contributed by atoms with Crippen molar-refractivity contribution < 1.29 is 4.74 Å². The lowest BCUT2D eigenvalue weighted by Crippen LogP contribution is -2.21. The molecular formula is C22H27NO. The van der Waals surface area contributed by atoms with Crippen LogP contribution in [0.5, 0.6) is 11.5 Å². The van der Waals surface area contributed by atoms with Crippen molar-refractivity contribution in [1.29, 1.82) is 0 Å². The number of ether oxygens (including phenoxy) is 1. The minimum Gasteiger partial charge on any atom is -0.453 e. The summed E-state index contributed by atoms with van der Waals surface area (Å²) in [6.45, 7) is 13.1. The summed E-state index contributed by atoms with van der Waals surface area (Å²) in [5.74, 6) is 1.87. The van der Waals surface area contributed by atoms with Crippen LogP contribution in [0.4, 0.5) is 11.4 Å². The predicted octanol–water partition coefficient (Wildman–Crippen LogP) is 6.85. The molecule has 0 amide bonds. The lowest BCUT2D eigenvalue weighted by Gasteiger charge is -2.35. The van der Waals surface area contributed by atoms with E-state index in [1.165, 1.54) is 16.8 Å². The summed E-state index contributed by atoms with van der Waals surface area (Å²) in [4.78, 5) is 2.33. The molecule has 0 radical (unpaired) electrons. The Balaban J connectivity index is 2.21. The SMILES string of the molecule is C/C=C(\CC)N1c2ccc(C)cc2Oc2cc(C(C)(C)C)ccc21. The molecule has 0 saturated carbocycles. The zero-order valence-electron chi connectivity index (χ0n) is 15.6. The van der Waals surface area contributed by atoms with Gasteiger partial charge in [-0.2, -0.15) is 0 Å². The minimum atomic E-state index is 0.101. The summed E-state index contributed by atoms with van der Waals surface area (Å²) < 4.78 is 6.29. The van der Waals surface area contributed by atoms with Gasteiger partial charge in [0.25, 0.3) is 0 Å². The molecule has 0 aliphatic carbocycles. The number of nitrogens with zero attached hydrogens (tertiary/aromatic N) is 1. The molecule has 2 heteroatoms. The number of anilines is 2. The number of hydrogen-bond donors (Lipinski definition) is 0. The molecule has 1 aliphatic heterocycles. The van der Waals surface area contributed by atoms with Crippen LogP contribution in [0.2, 0.25) is 0 Å². The van der Waals surface area contributed by atoms with Crippen molar-refractivity contribution in [3.63, 3.8) is 0 Å². The normalized spacial score (nSPS) is 14.1. The van der Waals surface area contributed by atoms with E-state index in [1.807, 2.05) is 0 Å². The third-order valence-corrected chi connectivity index (χ3v) is 4.63. The Morgan fingerprint density at radius 2 is 1.67 bits per heavy atom. The summed E-state index contributed by atoms with van der Waals surface area (Å²) in [5, 5.41) is 0. The van der Waals surface area contributed by atoms with Crippen molar-refractivity contribution in [2.45, 2.75) is 53.4 Å². The van der Waals surface area contributed by atoms with Gasteiger partial charge in [-0.15, -0.1) is 0 Å². The second-order valence-corrected chi connectivity index (χ2v) is 7.47. The zero-order chi connectivity index (χ0) is 17.5. The molecular weight excluding hydrogens is 294 g/mol. The van der Waals surface area contributed by atoms with Crippen LogP contribution in [-0.2, 0) is 5.41 Å². The first-order valence-electron chi connectivity index (χ1n) is 8.73. The Bertz CT molecular complexity index is 796. The first-order chi connectivity index (χ1) is 11.3. The Morgan fingerprint density at radius 3 is 2.25 bits per heavy atom. The van der Waals surface area contributed by atoms with E-state index in [4.69, 9.17) is 4.74 Å². The molecule has 0 saturated heterocycles. The molecule has 0 atom stereocenters. The average molecular weight is 321 g/mol. The summed E-state index contributed by atoms with van der Waals surface area (Å²) in [6, 6.07) is 13.0. The zero-order valence-corrected chi connectivity index (χ0v) is 15.6. The van der Waals surface area contributed by atoms with Gasteiger partial charge in [-0.05, 0) is 61.1 Å². The van der Waals surface area contributed by atoms with Gasteiger partial charge in [0.15, 0.2) is 11.5 Å². The van der Waals surface area contributed by atoms with Crippen molar-refractivity contribution in [2.75, 3.05) is 4.90 Å². The Hall–Kier alpha value is -2.22. The van der Waals surface area contributed by atoms with Crippen LogP contribution in [0, 0.1) is 6.92 Å². The standard InChI is InChI=1S/C22H27NO/c1-7-17(8-2)23-18-11-9-15(3)13-20(18)24-21-14-16(22(4,5)6)10-12-19(21)23/h7,9-14H,8H2,1-6H3/b17-7+. The second kappa shape index (κ2) is 6.01. The number of allylic oxidation sites excluding steroid dienone is 2. The second-order valence-electron chi connectivity index (χ2n) is 7.47. The fraction of sp³-hybridized carbons (Fsp3) is 0.364. The molecule has 126 valence electrons. The van der Waals surface area contributed by atoms with Crippen molar-refractivity contribution in [2.24, 2.45) is 0 Å². The third-order valence-electron chi connectivity index (χ3n) is 4.63. The fourth-order valence-electron chi connectivity index (χ4n) is 3.18. The average Bonchev–Trinajstić information content (AvgIpc) is 2.53. The summed E-state index contributed by atoms with van der Waals surface area (Å²) >= 11 is 0. The van der Waals surface area contributed by atoms with E-state index in [2.05, 4.69) is 88.9 Å². The molecule has 1 aliphatic rings. The smallest absolute Gasteiger partial charge is 0.151 e. The molecule has 0 N–H and O–H groups in total. The minimum absolute atomic E-state index is 0.101. The van der Waals surface area contributed by atoms with Gasteiger partial charge in [-0.3, -0.25) is 0 Å². The number of rotatable bonds is 2. The Kier molecular flexibility index (Phi) is 4.16. The van der Waals surface area contributed by atoms with Gasteiger partial charge in [-0.1, -0.05) is 45.9 Å². The summed E-state index contributed by atoms with van der Waals surface area (Å²) in [7, 11) is 0. The van der Waals surface area contributed by atoms with Crippen molar-refractivity contribution in [1.82, 2.24) is 0 Å². The van der Waals surface area contributed by atoms with Crippen molar-refractivity contribution >= 4 is 11.4 Å². The monoisotopic (exact) mass is 321 g/mol. The third kappa shape index (κ3) is 2.82. The molecule has 1 heterocycles. The van der Waals surface area contributed by atoms with Crippen LogP contribution in [0.15, 0.2) is 48.2 Å². The van der Waals surface area contributed by atoms with Crippen LogP contribution < -0.4 is 9.64 Å². The molecule has 3 rings (SSSR count). The first kappa shape index (κ1) is 16.6. The number of hydrogen-bond acceptors (Lipinski definition) is 2. The molecule has 24 heavy (non-hydrogen) atoms. The van der Waals surface area contributed by atoms with Crippen LogP contribution in [0.1, 0.15) is 52.2 Å². The summed E-state index contributed by atoms with van der Waals surface area (Å²) in [5.41, 5.74) is 6.12. The van der Waals surface area contributed by atoms with Gasteiger partial charge in [0, 0.05) is 5.70 Å².